The van der Waals surface area contributed by atoms with E-state index in [0.717, 1.165) is 0 Å². The number of nitrogens with zero attached hydrogens (tertiary/aromatic N) is 3. The van der Waals surface area contributed by atoms with Crippen LogP contribution in [0, 0.1) is 0 Å². The third kappa shape index (κ3) is 3.14. The van der Waals surface area contributed by atoms with Gasteiger partial charge in [-0.25, -0.2) is 0 Å². The van der Waals surface area contributed by atoms with Gasteiger partial charge >= 0.3 is 0 Å². The molecule has 2 rings (SSSR count). The SMILES string of the molecule is CNC(C)Cc1noc(-c2ccc(C(N)=O)cn2)n1. The van der Waals surface area contributed by atoms with Gasteiger partial charge in [0, 0.05) is 18.7 Å². The Labute approximate surface area is 110 Å². The molecule has 0 aromatic carbocycles. The quantitative estimate of drug-likeness (QED) is 0.805. The number of hydrogen-bond acceptors (Lipinski definition) is 6. The lowest BCUT2D eigenvalue weighted by molar-refractivity contribution is 0.1000. The van der Waals surface area contributed by atoms with Crippen LogP contribution in [-0.4, -0.2) is 34.1 Å². The predicted molar refractivity (Wildman–Crippen MR) is 68.3 cm³/mol. The number of aromatic nitrogens is 3. The van der Waals surface area contributed by atoms with Gasteiger partial charge in [-0.1, -0.05) is 5.16 Å². The smallest absolute Gasteiger partial charge is 0.276 e. The maximum Gasteiger partial charge on any atom is 0.276 e. The van der Waals surface area contributed by atoms with Crippen molar-refractivity contribution >= 4 is 5.91 Å². The Hall–Kier alpha value is -2.28. The van der Waals surface area contributed by atoms with Crippen LogP contribution in [0.4, 0.5) is 0 Å². The lowest BCUT2D eigenvalue weighted by Crippen LogP contribution is -2.24. The van der Waals surface area contributed by atoms with Gasteiger partial charge < -0.3 is 15.6 Å². The second-order valence-electron chi connectivity index (χ2n) is 4.21. The summed E-state index contributed by atoms with van der Waals surface area (Å²) in [6.07, 6.45) is 2.05. The summed E-state index contributed by atoms with van der Waals surface area (Å²) in [4.78, 5) is 19.2. The highest BCUT2D eigenvalue weighted by Crippen LogP contribution is 2.15. The van der Waals surface area contributed by atoms with E-state index in [0.29, 0.717) is 29.4 Å². The number of pyridine rings is 1. The van der Waals surface area contributed by atoms with Crippen molar-refractivity contribution in [3.8, 4) is 11.6 Å². The largest absolute Gasteiger partial charge is 0.366 e. The first-order valence-corrected chi connectivity index (χ1v) is 5.86. The second kappa shape index (κ2) is 5.57. The zero-order valence-corrected chi connectivity index (χ0v) is 10.8. The van der Waals surface area contributed by atoms with Gasteiger partial charge in [-0.2, -0.15) is 4.98 Å². The number of likely N-dealkylation sites (N-methyl/N-ethyl adjacent to an activating group) is 1. The molecular formula is C12H15N5O2. The molecule has 1 amide bonds. The van der Waals surface area contributed by atoms with Gasteiger partial charge in [0.25, 0.3) is 5.89 Å². The van der Waals surface area contributed by atoms with Crippen LogP contribution in [0.3, 0.4) is 0 Å². The average Bonchev–Trinajstić information content (AvgIpc) is 2.87. The molecule has 0 saturated carbocycles. The van der Waals surface area contributed by atoms with Crippen LogP contribution in [0.15, 0.2) is 22.9 Å². The first-order chi connectivity index (χ1) is 9.10. The van der Waals surface area contributed by atoms with Crippen LogP contribution in [0.1, 0.15) is 23.1 Å². The summed E-state index contributed by atoms with van der Waals surface area (Å²) in [5, 5.41) is 6.97. The molecular weight excluding hydrogens is 246 g/mol. The molecule has 0 spiro atoms. The summed E-state index contributed by atoms with van der Waals surface area (Å²) in [5.74, 6) is 0.417. The minimum atomic E-state index is -0.520. The standard InChI is InChI=1S/C12H15N5O2/c1-7(14-2)5-10-16-12(19-17-10)9-4-3-8(6-15-9)11(13)18/h3-4,6-7,14H,5H2,1-2H3,(H2,13,18). The summed E-state index contributed by atoms with van der Waals surface area (Å²) in [5.41, 5.74) is 5.99. The van der Waals surface area contributed by atoms with E-state index < -0.39 is 5.91 Å². The van der Waals surface area contributed by atoms with Gasteiger partial charge in [0.15, 0.2) is 5.82 Å². The monoisotopic (exact) mass is 261 g/mol. The number of nitrogens with one attached hydrogen (secondary N) is 1. The third-order valence-corrected chi connectivity index (χ3v) is 2.72. The van der Waals surface area contributed by atoms with Crippen LogP contribution in [0.2, 0.25) is 0 Å². The highest BCUT2D eigenvalue weighted by Gasteiger charge is 2.12. The number of primary amides is 1. The van der Waals surface area contributed by atoms with E-state index in [1.807, 2.05) is 14.0 Å². The summed E-state index contributed by atoms with van der Waals surface area (Å²) >= 11 is 0. The Morgan fingerprint density at radius 1 is 1.53 bits per heavy atom. The van der Waals surface area contributed by atoms with E-state index in [-0.39, 0.29) is 6.04 Å². The molecule has 0 bridgehead atoms. The normalized spacial score (nSPS) is 12.3. The van der Waals surface area contributed by atoms with Crippen molar-refractivity contribution in [3.05, 3.63) is 29.7 Å². The molecule has 0 radical (unpaired) electrons. The molecule has 2 aromatic heterocycles. The first kappa shape index (κ1) is 13.2. The van der Waals surface area contributed by atoms with Crippen LogP contribution >= 0.6 is 0 Å². The molecule has 1 atom stereocenters. The summed E-state index contributed by atoms with van der Waals surface area (Å²) in [6, 6.07) is 3.46. The van der Waals surface area contributed by atoms with Crippen molar-refractivity contribution < 1.29 is 9.32 Å². The highest BCUT2D eigenvalue weighted by molar-refractivity contribution is 5.92. The molecule has 0 aliphatic heterocycles. The van der Waals surface area contributed by atoms with Gasteiger partial charge in [-0.3, -0.25) is 9.78 Å². The van der Waals surface area contributed by atoms with Crippen molar-refractivity contribution in [3.63, 3.8) is 0 Å². The van der Waals surface area contributed by atoms with Crippen LogP contribution in [0.25, 0.3) is 11.6 Å². The Bertz CT molecular complexity index is 564. The van der Waals surface area contributed by atoms with E-state index in [1.54, 1.807) is 12.1 Å². The van der Waals surface area contributed by atoms with E-state index >= 15 is 0 Å². The van der Waals surface area contributed by atoms with E-state index in [9.17, 15) is 4.79 Å². The zero-order valence-electron chi connectivity index (χ0n) is 10.8. The lowest BCUT2D eigenvalue weighted by Gasteiger charge is -2.04. The van der Waals surface area contributed by atoms with Crippen molar-refractivity contribution in [1.82, 2.24) is 20.4 Å². The average molecular weight is 261 g/mol. The van der Waals surface area contributed by atoms with E-state index in [2.05, 4.69) is 20.4 Å². The minimum absolute atomic E-state index is 0.260. The Morgan fingerprint density at radius 2 is 2.32 bits per heavy atom. The van der Waals surface area contributed by atoms with Crippen molar-refractivity contribution in [2.45, 2.75) is 19.4 Å². The maximum atomic E-state index is 10.9. The fourth-order valence-corrected chi connectivity index (χ4v) is 1.48. The first-order valence-electron chi connectivity index (χ1n) is 5.86. The topological polar surface area (TPSA) is 107 Å². The van der Waals surface area contributed by atoms with Gasteiger partial charge in [-0.05, 0) is 26.1 Å². The molecule has 100 valence electrons. The molecule has 19 heavy (non-hydrogen) atoms. The molecule has 7 nitrogen and oxygen atoms in total. The van der Waals surface area contributed by atoms with Crippen molar-refractivity contribution in [1.29, 1.82) is 0 Å². The molecule has 0 saturated heterocycles. The fourth-order valence-electron chi connectivity index (χ4n) is 1.48. The van der Waals surface area contributed by atoms with Crippen LogP contribution < -0.4 is 11.1 Å². The molecule has 0 aliphatic rings. The third-order valence-electron chi connectivity index (χ3n) is 2.72. The summed E-state index contributed by atoms with van der Waals surface area (Å²) < 4.78 is 5.13. The number of carbonyl (C=O) groups is 1. The van der Waals surface area contributed by atoms with Gasteiger partial charge in [-0.15, -0.1) is 0 Å². The Kier molecular flexibility index (Phi) is 3.86. The summed E-state index contributed by atoms with van der Waals surface area (Å²) in [6.45, 7) is 2.02. The van der Waals surface area contributed by atoms with Gasteiger partial charge in [0.2, 0.25) is 5.91 Å². The minimum Gasteiger partial charge on any atom is -0.366 e. The number of nitrogens with two attached hydrogens (primary N) is 1. The van der Waals surface area contributed by atoms with Crippen LogP contribution in [-0.2, 0) is 6.42 Å². The molecule has 3 N–H and O–H groups in total. The fraction of sp³-hybridized carbons (Fsp3) is 0.333. The van der Waals surface area contributed by atoms with Crippen LogP contribution in [0.5, 0.6) is 0 Å². The Balaban J connectivity index is 2.16. The van der Waals surface area contributed by atoms with E-state index in [1.165, 1.54) is 6.20 Å². The predicted octanol–water partition coefficient (Wildman–Crippen LogP) is 0.381. The molecule has 1 unspecified atom stereocenters. The number of rotatable bonds is 5. The molecule has 2 heterocycles. The molecule has 2 aromatic rings. The number of hydrogen-bond donors (Lipinski definition) is 2. The number of carbonyl (C=O) groups excluding carboxylic acids is 1. The molecule has 0 fully saturated rings. The maximum absolute atomic E-state index is 10.9. The molecule has 7 heteroatoms. The van der Waals surface area contributed by atoms with Gasteiger partial charge in [0.1, 0.15) is 5.69 Å². The Morgan fingerprint density at radius 3 is 2.89 bits per heavy atom. The second-order valence-corrected chi connectivity index (χ2v) is 4.21. The van der Waals surface area contributed by atoms with Gasteiger partial charge in [0.05, 0.1) is 5.56 Å². The highest BCUT2D eigenvalue weighted by atomic mass is 16.5. The summed E-state index contributed by atoms with van der Waals surface area (Å²) in [7, 11) is 1.87. The zero-order chi connectivity index (χ0) is 13.8. The van der Waals surface area contributed by atoms with E-state index in [4.69, 9.17) is 10.3 Å². The molecule has 0 aliphatic carbocycles. The lowest BCUT2D eigenvalue weighted by atomic mass is 10.2. The number of amides is 1. The van der Waals surface area contributed by atoms with Crippen molar-refractivity contribution in [2.24, 2.45) is 5.73 Å². The van der Waals surface area contributed by atoms with Crippen molar-refractivity contribution in [2.75, 3.05) is 7.05 Å².